The minimum absolute atomic E-state index is 0.0929. The van der Waals surface area contributed by atoms with Gasteiger partial charge < -0.3 is 25.2 Å². The number of rotatable bonds is 4. The standard InChI is InChI=1S/C16H16O7/c17-11-4-1-9(2-5-11)3-6-14(19)23-13-8-10(16(21)22)7-12(18)15(13)20/h1-6,8,12-13,15,17-18,20H,7H2,(H,21,22). The van der Waals surface area contributed by atoms with E-state index < -0.39 is 30.3 Å². The molecule has 0 spiro atoms. The Morgan fingerprint density at radius 2 is 1.83 bits per heavy atom. The lowest BCUT2D eigenvalue weighted by atomic mass is 9.92. The summed E-state index contributed by atoms with van der Waals surface area (Å²) in [4.78, 5) is 22.7. The van der Waals surface area contributed by atoms with E-state index in [0.717, 1.165) is 12.2 Å². The molecule has 0 saturated heterocycles. The van der Waals surface area contributed by atoms with E-state index in [1.807, 2.05) is 0 Å². The number of hydrogen-bond acceptors (Lipinski definition) is 6. The molecule has 122 valence electrons. The summed E-state index contributed by atoms with van der Waals surface area (Å²) in [5.41, 5.74) is 0.522. The zero-order valence-electron chi connectivity index (χ0n) is 12.0. The van der Waals surface area contributed by atoms with E-state index >= 15 is 0 Å². The third kappa shape index (κ3) is 4.41. The van der Waals surface area contributed by atoms with Crippen molar-refractivity contribution >= 4 is 18.0 Å². The molecule has 7 heteroatoms. The van der Waals surface area contributed by atoms with Crippen molar-refractivity contribution in [2.24, 2.45) is 0 Å². The second-order valence-electron chi connectivity index (χ2n) is 5.09. The molecule has 0 heterocycles. The number of carbonyl (C=O) groups is 2. The minimum Gasteiger partial charge on any atom is -0.508 e. The molecule has 23 heavy (non-hydrogen) atoms. The Balaban J connectivity index is 2.04. The molecular weight excluding hydrogens is 304 g/mol. The molecule has 7 nitrogen and oxygen atoms in total. The average Bonchev–Trinajstić information content (AvgIpc) is 2.51. The predicted molar refractivity (Wildman–Crippen MR) is 79.4 cm³/mol. The van der Waals surface area contributed by atoms with E-state index in [0.29, 0.717) is 5.56 Å². The summed E-state index contributed by atoms with van der Waals surface area (Å²) in [6, 6.07) is 6.07. The van der Waals surface area contributed by atoms with Gasteiger partial charge in [0.25, 0.3) is 0 Å². The number of esters is 1. The number of aliphatic hydroxyl groups is 2. The van der Waals surface area contributed by atoms with Crippen molar-refractivity contribution in [3.63, 3.8) is 0 Å². The Bertz CT molecular complexity index is 645. The van der Waals surface area contributed by atoms with Crippen LogP contribution in [0.3, 0.4) is 0 Å². The van der Waals surface area contributed by atoms with Crippen LogP contribution < -0.4 is 0 Å². The summed E-state index contributed by atoms with van der Waals surface area (Å²) in [6.07, 6.45) is -0.486. The Labute approximate surface area is 131 Å². The van der Waals surface area contributed by atoms with Gasteiger partial charge in [0.15, 0.2) is 0 Å². The summed E-state index contributed by atoms with van der Waals surface area (Å²) in [6.45, 7) is 0. The van der Waals surface area contributed by atoms with Gasteiger partial charge in [0.1, 0.15) is 18.0 Å². The topological polar surface area (TPSA) is 124 Å². The molecule has 0 saturated carbocycles. The van der Waals surface area contributed by atoms with Gasteiger partial charge in [-0.3, -0.25) is 0 Å². The van der Waals surface area contributed by atoms with Crippen molar-refractivity contribution in [1.82, 2.24) is 0 Å². The summed E-state index contributed by atoms with van der Waals surface area (Å²) in [5, 5.41) is 37.5. The minimum atomic E-state index is -1.39. The molecule has 0 bridgehead atoms. The molecule has 3 unspecified atom stereocenters. The van der Waals surface area contributed by atoms with Crippen LogP contribution in [-0.2, 0) is 14.3 Å². The fraction of sp³-hybridized carbons (Fsp3) is 0.250. The van der Waals surface area contributed by atoms with Crippen molar-refractivity contribution in [3.05, 3.63) is 47.6 Å². The Kier molecular flexibility index (Phi) is 5.15. The number of carboxylic acid groups (broad SMARTS) is 1. The fourth-order valence-corrected chi connectivity index (χ4v) is 2.12. The molecule has 3 atom stereocenters. The van der Waals surface area contributed by atoms with Gasteiger partial charge in [-0.1, -0.05) is 12.1 Å². The van der Waals surface area contributed by atoms with Crippen LogP contribution >= 0.6 is 0 Å². The molecule has 0 fully saturated rings. The SMILES string of the molecule is O=C(C=Cc1ccc(O)cc1)OC1C=C(C(=O)O)CC(O)C1O. The third-order valence-corrected chi connectivity index (χ3v) is 3.36. The first-order chi connectivity index (χ1) is 10.9. The van der Waals surface area contributed by atoms with Gasteiger partial charge in [-0.15, -0.1) is 0 Å². The maximum atomic E-state index is 11.8. The third-order valence-electron chi connectivity index (χ3n) is 3.36. The zero-order valence-corrected chi connectivity index (χ0v) is 12.0. The van der Waals surface area contributed by atoms with Gasteiger partial charge >= 0.3 is 11.9 Å². The number of benzene rings is 1. The number of carbonyl (C=O) groups excluding carboxylic acids is 1. The summed E-state index contributed by atoms with van der Waals surface area (Å²) in [7, 11) is 0. The molecule has 1 aliphatic carbocycles. The molecule has 0 aromatic heterocycles. The molecule has 0 radical (unpaired) electrons. The highest BCUT2D eigenvalue weighted by molar-refractivity contribution is 5.88. The number of phenolic OH excluding ortho intramolecular Hbond substituents is 1. The lowest BCUT2D eigenvalue weighted by molar-refractivity contribution is -0.151. The highest BCUT2D eigenvalue weighted by Crippen LogP contribution is 2.22. The number of carboxylic acids is 1. The van der Waals surface area contributed by atoms with Crippen molar-refractivity contribution in [3.8, 4) is 5.75 Å². The first-order valence-corrected chi connectivity index (χ1v) is 6.84. The largest absolute Gasteiger partial charge is 0.508 e. The van der Waals surface area contributed by atoms with Gasteiger partial charge in [0.05, 0.1) is 6.10 Å². The maximum absolute atomic E-state index is 11.8. The summed E-state index contributed by atoms with van der Waals surface area (Å²) in [5.74, 6) is -1.94. The number of ether oxygens (including phenoxy) is 1. The molecular formula is C16H16O7. The second-order valence-corrected chi connectivity index (χ2v) is 5.09. The maximum Gasteiger partial charge on any atom is 0.331 e. The lowest BCUT2D eigenvalue weighted by Crippen LogP contribution is -2.43. The van der Waals surface area contributed by atoms with E-state index in [1.54, 1.807) is 12.1 Å². The van der Waals surface area contributed by atoms with Crippen LogP contribution in [0.25, 0.3) is 6.08 Å². The highest BCUT2D eigenvalue weighted by Gasteiger charge is 2.34. The lowest BCUT2D eigenvalue weighted by Gasteiger charge is -2.28. The number of aromatic hydroxyl groups is 1. The van der Waals surface area contributed by atoms with Gasteiger partial charge in [-0.2, -0.15) is 0 Å². The van der Waals surface area contributed by atoms with Crippen LogP contribution in [0.4, 0.5) is 0 Å². The summed E-state index contributed by atoms with van der Waals surface area (Å²) >= 11 is 0. The van der Waals surface area contributed by atoms with Crippen molar-refractivity contribution in [2.45, 2.75) is 24.7 Å². The van der Waals surface area contributed by atoms with Crippen LogP contribution in [-0.4, -0.2) is 50.7 Å². The molecule has 2 rings (SSSR count). The monoisotopic (exact) mass is 320 g/mol. The van der Waals surface area contributed by atoms with Crippen LogP contribution in [0.15, 0.2) is 42.0 Å². The van der Waals surface area contributed by atoms with E-state index in [4.69, 9.17) is 14.9 Å². The van der Waals surface area contributed by atoms with E-state index in [9.17, 15) is 19.8 Å². The number of aliphatic hydroxyl groups excluding tert-OH is 2. The van der Waals surface area contributed by atoms with Gasteiger partial charge in [0.2, 0.25) is 0 Å². The number of hydrogen-bond donors (Lipinski definition) is 4. The zero-order chi connectivity index (χ0) is 17.0. The summed E-state index contributed by atoms with van der Waals surface area (Å²) < 4.78 is 4.98. The average molecular weight is 320 g/mol. The van der Waals surface area contributed by atoms with Crippen LogP contribution in [0, 0.1) is 0 Å². The van der Waals surface area contributed by atoms with Crippen molar-refractivity contribution in [1.29, 1.82) is 0 Å². The van der Waals surface area contributed by atoms with Gasteiger partial charge in [-0.05, 0) is 29.8 Å². The Morgan fingerprint density at radius 3 is 2.43 bits per heavy atom. The molecule has 0 aliphatic heterocycles. The van der Waals surface area contributed by atoms with Gasteiger partial charge in [0, 0.05) is 18.1 Å². The molecule has 1 aromatic carbocycles. The van der Waals surface area contributed by atoms with Crippen molar-refractivity contribution in [2.75, 3.05) is 0 Å². The van der Waals surface area contributed by atoms with Crippen LogP contribution in [0.1, 0.15) is 12.0 Å². The normalized spacial score (nSPS) is 24.3. The molecule has 1 aliphatic rings. The molecule has 0 amide bonds. The number of aliphatic carboxylic acids is 1. The van der Waals surface area contributed by atoms with E-state index in [2.05, 4.69) is 0 Å². The quantitative estimate of drug-likeness (QED) is 0.469. The molecule has 4 N–H and O–H groups in total. The van der Waals surface area contributed by atoms with Gasteiger partial charge in [-0.25, -0.2) is 9.59 Å². The van der Waals surface area contributed by atoms with Crippen molar-refractivity contribution < 1.29 is 34.8 Å². The fourth-order valence-electron chi connectivity index (χ4n) is 2.12. The van der Waals surface area contributed by atoms with E-state index in [-0.39, 0.29) is 17.7 Å². The molecule has 1 aromatic rings. The predicted octanol–water partition coefficient (Wildman–Crippen LogP) is 0.454. The van der Waals surface area contributed by atoms with Crippen LogP contribution in [0.2, 0.25) is 0 Å². The Morgan fingerprint density at radius 1 is 1.17 bits per heavy atom. The highest BCUT2D eigenvalue weighted by atomic mass is 16.6. The second kappa shape index (κ2) is 7.08. The smallest absolute Gasteiger partial charge is 0.331 e. The first kappa shape index (κ1) is 16.7. The van der Waals surface area contributed by atoms with E-state index in [1.165, 1.54) is 18.2 Å². The number of phenols is 1. The van der Waals surface area contributed by atoms with Crippen LogP contribution in [0.5, 0.6) is 5.75 Å². The Hall–Kier alpha value is -2.64. The first-order valence-electron chi connectivity index (χ1n) is 6.84.